The van der Waals surface area contributed by atoms with Gasteiger partial charge in [-0.05, 0) is 93.8 Å². The molecule has 0 saturated carbocycles. The van der Waals surface area contributed by atoms with E-state index < -0.39 is 23.7 Å². The summed E-state index contributed by atoms with van der Waals surface area (Å²) < 4.78 is 11.1. The smallest absolute Gasteiger partial charge is 0.342 e. The van der Waals surface area contributed by atoms with Gasteiger partial charge in [-0.1, -0.05) is 24.3 Å². The van der Waals surface area contributed by atoms with Gasteiger partial charge in [0.2, 0.25) is 5.91 Å². The van der Waals surface area contributed by atoms with E-state index in [1.807, 2.05) is 6.08 Å². The predicted molar refractivity (Wildman–Crippen MR) is 167 cm³/mol. The van der Waals surface area contributed by atoms with Crippen molar-refractivity contribution in [2.45, 2.75) is 82.8 Å². The van der Waals surface area contributed by atoms with Crippen LogP contribution in [0.4, 0.5) is 0 Å². The van der Waals surface area contributed by atoms with E-state index in [-0.39, 0.29) is 41.0 Å². The molecule has 1 amide bonds. The van der Waals surface area contributed by atoms with Gasteiger partial charge in [0.05, 0.1) is 13.2 Å². The minimum absolute atomic E-state index is 0.0369. The van der Waals surface area contributed by atoms with Crippen LogP contribution in [-0.4, -0.2) is 71.7 Å². The van der Waals surface area contributed by atoms with Gasteiger partial charge in [0.1, 0.15) is 28.6 Å². The molecular formula is C35H44N2O7. The van der Waals surface area contributed by atoms with Crippen LogP contribution in [0.25, 0.3) is 6.08 Å². The van der Waals surface area contributed by atoms with Gasteiger partial charge in [-0.3, -0.25) is 9.59 Å². The van der Waals surface area contributed by atoms with Crippen molar-refractivity contribution >= 4 is 23.7 Å². The van der Waals surface area contributed by atoms with E-state index in [9.17, 15) is 24.6 Å². The Bertz CT molecular complexity index is 1380. The summed E-state index contributed by atoms with van der Waals surface area (Å²) >= 11 is 0. The molecule has 2 aromatic rings. The SMILES string of the molecule is COc1ccc(C(CC(=O)NC2CN3CCC2CC3)c2c(O)cc3c(c2O)C(=O)O[C@@H](C)CCCC(=O)CCCC=C3)cc1. The Balaban J connectivity index is 1.51. The zero-order valence-corrected chi connectivity index (χ0v) is 25.7. The van der Waals surface area contributed by atoms with Crippen molar-refractivity contribution in [3.63, 3.8) is 0 Å². The number of hydrogen-bond donors (Lipinski definition) is 3. The number of carbonyl (C=O) groups is 3. The first-order valence-corrected chi connectivity index (χ1v) is 15.9. The molecule has 44 heavy (non-hydrogen) atoms. The van der Waals surface area contributed by atoms with Gasteiger partial charge in [-0.15, -0.1) is 0 Å². The lowest BCUT2D eigenvalue weighted by molar-refractivity contribution is -0.123. The first-order chi connectivity index (χ1) is 21.2. The number of allylic oxidation sites excluding steroid dienone is 1. The van der Waals surface area contributed by atoms with Crippen LogP contribution in [0.5, 0.6) is 17.2 Å². The van der Waals surface area contributed by atoms with E-state index in [1.54, 1.807) is 44.4 Å². The molecule has 4 aliphatic heterocycles. The van der Waals surface area contributed by atoms with Crippen LogP contribution in [0.1, 0.15) is 97.7 Å². The molecule has 0 radical (unpaired) electrons. The number of fused-ring (bicyclic) bond motifs is 4. The summed E-state index contributed by atoms with van der Waals surface area (Å²) in [5.74, 6) is -1.01. The number of nitrogens with zero attached hydrogens (tertiary/aromatic N) is 1. The molecule has 2 aromatic carbocycles. The van der Waals surface area contributed by atoms with Crippen LogP contribution in [0.2, 0.25) is 0 Å². The third kappa shape index (κ3) is 7.44. The van der Waals surface area contributed by atoms with E-state index in [4.69, 9.17) is 9.47 Å². The molecule has 4 heterocycles. The first-order valence-electron chi connectivity index (χ1n) is 15.9. The van der Waals surface area contributed by atoms with Crippen LogP contribution in [0, 0.1) is 5.92 Å². The van der Waals surface area contributed by atoms with Gasteiger partial charge in [0.15, 0.2) is 0 Å². The van der Waals surface area contributed by atoms with Gasteiger partial charge in [-0.25, -0.2) is 4.79 Å². The normalized spacial score (nSPS) is 25.0. The molecule has 9 heteroatoms. The Morgan fingerprint density at radius 2 is 1.82 bits per heavy atom. The molecule has 2 unspecified atom stereocenters. The fraction of sp³-hybridized carbons (Fsp3) is 0.514. The van der Waals surface area contributed by atoms with Gasteiger partial charge < -0.3 is 29.9 Å². The van der Waals surface area contributed by atoms with E-state index in [1.165, 1.54) is 6.07 Å². The topological polar surface area (TPSA) is 125 Å². The third-order valence-corrected chi connectivity index (χ3v) is 9.31. The molecule has 3 fully saturated rings. The number of amides is 1. The molecule has 9 nitrogen and oxygen atoms in total. The second-order valence-electron chi connectivity index (χ2n) is 12.4. The van der Waals surface area contributed by atoms with Crippen molar-refractivity contribution < 1.29 is 34.1 Å². The van der Waals surface area contributed by atoms with Crippen LogP contribution in [-0.2, 0) is 14.3 Å². The number of rotatable bonds is 6. The largest absolute Gasteiger partial charge is 0.507 e. The summed E-state index contributed by atoms with van der Waals surface area (Å²) in [5.41, 5.74) is 1.05. The Labute approximate surface area is 259 Å². The maximum absolute atomic E-state index is 13.6. The quantitative estimate of drug-likeness (QED) is 0.379. The molecule has 0 aromatic heterocycles. The highest BCUT2D eigenvalue weighted by Crippen LogP contribution is 2.44. The van der Waals surface area contributed by atoms with Crippen LogP contribution < -0.4 is 10.1 Å². The molecule has 4 aliphatic rings. The molecule has 3 N–H and O–H groups in total. The number of piperidine rings is 3. The summed E-state index contributed by atoms with van der Waals surface area (Å²) in [5, 5.41) is 26.4. The third-order valence-electron chi connectivity index (χ3n) is 9.31. The number of methoxy groups -OCH3 is 1. The molecule has 0 aliphatic carbocycles. The number of benzene rings is 2. The highest BCUT2D eigenvalue weighted by atomic mass is 16.5. The Kier molecular flexibility index (Phi) is 10.3. The van der Waals surface area contributed by atoms with Crippen molar-refractivity contribution in [2.24, 2.45) is 5.92 Å². The lowest BCUT2D eigenvalue weighted by atomic mass is 9.82. The predicted octanol–water partition coefficient (Wildman–Crippen LogP) is 5.32. The summed E-state index contributed by atoms with van der Waals surface area (Å²) in [6.07, 6.45) is 8.43. The molecule has 0 spiro atoms. The summed E-state index contributed by atoms with van der Waals surface area (Å²) in [4.78, 5) is 41.7. The molecule has 3 saturated heterocycles. The first kappa shape index (κ1) is 31.6. The van der Waals surface area contributed by atoms with Gasteiger partial charge >= 0.3 is 5.97 Å². The van der Waals surface area contributed by atoms with Gasteiger partial charge in [0.25, 0.3) is 0 Å². The van der Waals surface area contributed by atoms with Crippen molar-refractivity contribution in [1.29, 1.82) is 0 Å². The number of phenols is 2. The summed E-state index contributed by atoms with van der Waals surface area (Å²) in [7, 11) is 1.57. The number of Topliss-reactive ketones (excluding diaryl/α,β-unsaturated/α-hetero) is 1. The molecule has 2 bridgehead atoms. The maximum atomic E-state index is 13.6. The Hall–Kier alpha value is -3.85. The minimum atomic E-state index is -0.749. The highest BCUT2D eigenvalue weighted by molar-refractivity contribution is 5.98. The molecule has 236 valence electrons. The van der Waals surface area contributed by atoms with Crippen molar-refractivity contribution in [3.8, 4) is 17.2 Å². The van der Waals surface area contributed by atoms with Gasteiger partial charge in [0, 0.05) is 43.3 Å². The van der Waals surface area contributed by atoms with E-state index in [0.29, 0.717) is 61.3 Å². The lowest BCUT2D eigenvalue weighted by Crippen LogP contribution is -2.57. The van der Waals surface area contributed by atoms with Gasteiger partial charge in [-0.2, -0.15) is 0 Å². The Morgan fingerprint density at radius 1 is 1.09 bits per heavy atom. The van der Waals surface area contributed by atoms with Crippen molar-refractivity contribution in [2.75, 3.05) is 26.7 Å². The molecule has 6 rings (SSSR count). The fourth-order valence-electron chi connectivity index (χ4n) is 6.82. The number of nitrogens with one attached hydrogen (secondary N) is 1. The number of ether oxygens (including phenoxy) is 2. The summed E-state index contributed by atoms with van der Waals surface area (Å²) in [6, 6.07) is 8.65. The number of hydrogen-bond acceptors (Lipinski definition) is 8. The zero-order chi connectivity index (χ0) is 31.2. The summed E-state index contributed by atoms with van der Waals surface area (Å²) in [6.45, 7) is 4.71. The minimum Gasteiger partial charge on any atom is -0.507 e. The van der Waals surface area contributed by atoms with E-state index >= 15 is 0 Å². The zero-order valence-electron chi connectivity index (χ0n) is 25.7. The number of carbonyl (C=O) groups excluding carboxylic acids is 3. The van der Waals surface area contributed by atoms with Crippen LogP contribution >= 0.6 is 0 Å². The fourth-order valence-corrected chi connectivity index (χ4v) is 6.82. The van der Waals surface area contributed by atoms with Crippen molar-refractivity contribution in [1.82, 2.24) is 10.2 Å². The van der Waals surface area contributed by atoms with Crippen molar-refractivity contribution in [3.05, 3.63) is 58.7 Å². The number of ketones is 1. The number of esters is 1. The van der Waals surface area contributed by atoms with Crippen LogP contribution in [0.15, 0.2) is 36.4 Å². The average Bonchev–Trinajstić information content (AvgIpc) is 3.00. The van der Waals surface area contributed by atoms with E-state index in [2.05, 4.69) is 10.2 Å². The standard InChI is InChI=1S/C35H44N2O7/c1-22-7-6-10-26(38)9-5-3-4-8-25-19-30(39)33(34(41)32(25)35(42)44-22)28(23-11-13-27(43-2)14-12-23)20-31(40)36-29-21-37-17-15-24(29)16-18-37/h4,8,11-14,19,22,24,28-29,39,41H,3,5-7,9-10,15-18,20-21H2,1-2H3,(H,36,40)/t22-,28?,29?/m0/s1. The second kappa shape index (κ2) is 14.3. The lowest BCUT2D eigenvalue weighted by Gasteiger charge is -2.45. The Morgan fingerprint density at radius 3 is 2.50 bits per heavy atom. The van der Waals surface area contributed by atoms with Crippen LogP contribution in [0.3, 0.4) is 0 Å². The second-order valence-corrected chi connectivity index (χ2v) is 12.4. The average molecular weight is 605 g/mol. The number of phenolic OH excluding ortho intramolecular Hbond substituents is 2. The number of cyclic esters (lactones) is 1. The van der Waals surface area contributed by atoms with E-state index in [0.717, 1.165) is 32.5 Å². The monoisotopic (exact) mass is 604 g/mol. The molecular weight excluding hydrogens is 560 g/mol. The highest BCUT2D eigenvalue weighted by Gasteiger charge is 2.36. The maximum Gasteiger partial charge on any atom is 0.342 e. The number of aromatic hydroxyl groups is 2. The molecule has 3 atom stereocenters.